The number of hydrogen-bond donors (Lipinski definition) is 0. The summed E-state index contributed by atoms with van der Waals surface area (Å²) in [6, 6.07) is 16.8. The van der Waals surface area contributed by atoms with Crippen molar-refractivity contribution in [2.24, 2.45) is 0 Å². The van der Waals surface area contributed by atoms with Crippen molar-refractivity contribution in [2.45, 2.75) is 17.4 Å². The third kappa shape index (κ3) is 4.86. The van der Waals surface area contributed by atoms with Gasteiger partial charge in [0, 0.05) is 15.1 Å². The van der Waals surface area contributed by atoms with Gasteiger partial charge in [-0.3, -0.25) is 4.79 Å². The Bertz CT molecular complexity index is 838. The van der Waals surface area contributed by atoms with E-state index in [0.29, 0.717) is 6.42 Å². The number of hydrogen-bond acceptors (Lipinski definition) is 4. The molecule has 1 saturated heterocycles. The summed E-state index contributed by atoms with van der Waals surface area (Å²) in [6.45, 7) is 0. The first-order valence-electron chi connectivity index (χ1n) is 7.90. The first kappa shape index (κ1) is 18.5. The molecule has 2 aromatic carbocycles. The molecule has 0 saturated carbocycles. The van der Waals surface area contributed by atoms with E-state index in [1.54, 1.807) is 4.90 Å². The van der Waals surface area contributed by atoms with Gasteiger partial charge < -0.3 is 4.90 Å². The molecule has 2 aromatic rings. The van der Waals surface area contributed by atoms with Crippen molar-refractivity contribution >= 4 is 49.1 Å². The zero-order chi connectivity index (χ0) is 17.9. The van der Waals surface area contributed by atoms with Crippen LogP contribution in [-0.4, -0.2) is 37.6 Å². The molecular weight excluding hydrogens is 422 g/mol. The number of para-hydroxylation sites is 1. The Hall–Kier alpha value is -1.31. The van der Waals surface area contributed by atoms with E-state index in [0.717, 1.165) is 15.1 Å². The SMILES string of the molecule is O=C(CSc1ccc(Br)cc1)N(c1ccccc1)[C@@H]1CCS(=O)(=O)C1. The second kappa shape index (κ2) is 7.93. The molecule has 0 aromatic heterocycles. The first-order valence-corrected chi connectivity index (χ1v) is 11.5. The summed E-state index contributed by atoms with van der Waals surface area (Å²) in [5, 5.41) is 0. The number of benzene rings is 2. The van der Waals surface area contributed by atoms with Gasteiger partial charge in [0.15, 0.2) is 9.84 Å². The molecule has 0 aliphatic carbocycles. The van der Waals surface area contributed by atoms with Gasteiger partial charge in [-0.1, -0.05) is 34.1 Å². The lowest BCUT2D eigenvalue weighted by molar-refractivity contribution is -0.116. The van der Waals surface area contributed by atoms with E-state index in [-0.39, 0.29) is 29.2 Å². The van der Waals surface area contributed by atoms with E-state index >= 15 is 0 Å². The molecular formula is C18H18BrNO3S2. The molecule has 1 atom stereocenters. The third-order valence-corrected chi connectivity index (χ3v) is 7.33. The van der Waals surface area contributed by atoms with Crippen molar-refractivity contribution in [3.05, 3.63) is 59.1 Å². The minimum Gasteiger partial charge on any atom is -0.308 e. The van der Waals surface area contributed by atoms with Crippen molar-refractivity contribution < 1.29 is 13.2 Å². The lowest BCUT2D eigenvalue weighted by atomic mass is 10.2. The summed E-state index contributed by atoms with van der Waals surface area (Å²) >= 11 is 4.85. The van der Waals surface area contributed by atoms with Gasteiger partial charge in [0.05, 0.1) is 23.3 Å². The molecule has 3 rings (SSSR count). The van der Waals surface area contributed by atoms with Crippen molar-refractivity contribution in [3.63, 3.8) is 0 Å². The van der Waals surface area contributed by atoms with Crippen molar-refractivity contribution in [2.75, 3.05) is 22.2 Å². The summed E-state index contributed by atoms with van der Waals surface area (Å²) in [4.78, 5) is 15.5. The number of nitrogens with zero attached hydrogens (tertiary/aromatic N) is 1. The number of rotatable bonds is 5. The average molecular weight is 440 g/mol. The van der Waals surface area contributed by atoms with E-state index in [1.165, 1.54) is 11.8 Å². The lowest BCUT2D eigenvalue weighted by Gasteiger charge is -2.28. The molecule has 1 heterocycles. The summed E-state index contributed by atoms with van der Waals surface area (Å²) in [7, 11) is -3.06. The van der Waals surface area contributed by atoms with E-state index < -0.39 is 9.84 Å². The van der Waals surface area contributed by atoms with Crippen LogP contribution < -0.4 is 4.90 Å². The Labute approximate surface area is 160 Å². The number of carbonyl (C=O) groups excluding carboxylic acids is 1. The van der Waals surface area contributed by atoms with Crippen LogP contribution in [0.1, 0.15) is 6.42 Å². The van der Waals surface area contributed by atoms with Crippen LogP contribution in [0.4, 0.5) is 5.69 Å². The second-order valence-electron chi connectivity index (χ2n) is 5.90. The molecule has 0 radical (unpaired) electrons. The molecule has 25 heavy (non-hydrogen) atoms. The monoisotopic (exact) mass is 439 g/mol. The summed E-state index contributed by atoms with van der Waals surface area (Å²) < 4.78 is 24.7. The highest BCUT2D eigenvalue weighted by atomic mass is 79.9. The molecule has 0 N–H and O–H groups in total. The molecule has 1 aliphatic heterocycles. The van der Waals surface area contributed by atoms with Gasteiger partial charge in [0.2, 0.25) is 5.91 Å². The Kier molecular flexibility index (Phi) is 5.86. The fraction of sp³-hybridized carbons (Fsp3) is 0.278. The molecule has 0 unspecified atom stereocenters. The fourth-order valence-electron chi connectivity index (χ4n) is 2.87. The number of sulfone groups is 1. The number of anilines is 1. The van der Waals surface area contributed by atoms with Gasteiger partial charge in [0.1, 0.15) is 0 Å². The molecule has 4 nitrogen and oxygen atoms in total. The normalized spacial score (nSPS) is 18.8. The number of thioether (sulfide) groups is 1. The van der Waals surface area contributed by atoms with Crippen LogP contribution in [0.3, 0.4) is 0 Å². The lowest BCUT2D eigenvalue weighted by Crippen LogP contribution is -2.42. The Morgan fingerprint density at radius 2 is 1.80 bits per heavy atom. The first-order chi connectivity index (χ1) is 11.9. The molecule has 7 heteroatoms. The maximum atomic E-state index is 12.9. The Morgan fingerprint density at radius 1 is 1.12 bits per heavy atom. The van der Waals surface area contributed by atoms with Crippen molar-refractivity contribution in [1.82, 2.24) is 0 Å². The highest BCUT2D eigenvalue weighted by molar-refractivity contribution is 9.10. The van der Waals surface area contributed by atoms with Crippen LogP contribution in [0, 0.1) is 0 Å². The molecule has 0 spiro atoms. The van der Waals surface area contributed by atoms with Crippen LogP contribution >= 0.6 is 27.7 Å². The minimum atomic E-state index is -3.06. The number of amides is 1. The topological polar surface area (TPSA) is 54.5 Å². The third-order valence-electron chi connectivity index (χ3n) is 4.05. The molecule has 1 aliphatic rings. The Balaban J connectivity index is 1.76. The fourth-order valence-corrected chi connectivity index (χ4v) is 5.59. The second-order valence-corrected chi connectivity index (χ2v) is 10.1. The van der Waals surface area contributed by atoms with Gasteiger partial charge >= 0.3 is 0 Å². The van der Waals surface area contributed by atoms with Gasteiger partial charge in [-0.25, -0.2) is 8.42 Å². The highest BCUT2D eigenvalue weighted by Gasteiger charge is 2.35. The number of halogens is 1. The molecule has 132 valence electrons. The molecule has 1 amide bonds. The van der Waals surface area contributed by atoms with E-state index in [2.05, 4.69) is 15.9 Å². The maximum Gasteiger partial charge on any atom is 0.237 e. The summed E-state index contributed by atoms with van der Waals surface area (Å²) in [6.07, 6.45) is 0.492. The molecule has 0 bridgehead atoms. The van der Waals surface area contributed by atoms with Crippen LogP contribution in [0.25, 0.3) is 0 Å². The van der Waals surface area contributed by atoms with Gasteiger partial charge in [0.25, 0.3) is 0 Å². The summed E-state index contributed by atoms with van der Waals surface area (Å²) in [5.74, 6) is 0.388. The maximum absolute atomic E-state index is 12.9. The van der Waals surface area contributed by atoms with E-state index in [4.69, 9.17) is 0 Å². The van der Waals surface area contributed by atoms with Gasteiger partial charge in [-0.15, -0.1) is 11.8 Å². The van der Waals surface area contributed by atoms with Crippen LogP contribution in [0.15, 0.2) is 64.0 Å². The predicted octanol–water partition coefficient (Wildman–Crippen LogP) is 3.76. The van der Waals surface area contributed by atoms with Crippen molar-refractivity contribution in [1.29, 1.82) is 0 Å². The quantitative estimate of drug-likeness (QED) is 0.665. The van der Waals surface area contributed by atoms with Crippen LogP contribution in [0.5, 0.6) is 0 Å². The highest BCUT2D eigenvalue weighted by Crippen LogP contribution is 2.27. The minimum absolute atomic E-state index is 0.0383. The largest absolute Gasteiger partial charge is 0.308 e. The molecule has 1 fully saturated rings. The van der Waals surface area contributed by atoms with Gasteiger partial charge in [-0.05, 0) is 42.8 Å². The van der Waals surface area contributed by atoms with Crippen molar-refractivity contribution in [3.8, 4) is 0 Å². The van der Waals surface area contributed by atoms with Gasteiger partial charge in [-0.2, -0.15) is 0 Å². The standard InChI is InChI=1S/C18H18BrNO3S2/c19-14-6-8-17(9-7-14)24-12-18(21)20(15-4-2-1-3-5-15)16-10-11-25(22,23)13-16/h1-9,16H,10-13H2/t16-/m1/s1. The zero-order valence-corrected chi connectivity index (χ0v) is 16.7. The smallest absolute Gasteiger partial charge is 0.237 e. The summed E-state index contributed by atoms with van der Waals surface area (Å²) in [5.41, 5.74) is 0.756. The number of carbonyl (C=O) groups is 1. The predicted molar refractivity (Wildman–Crippen MR) is 106 cm³/mol. The van der Waals surface area contributed by atoms with E-state index in [9.17, 15) is 13.2 Å². The Morgan fingerprint density at radius 3 is 2.40 bits per heavy atom. The van der Waals surface area contributed by atoms with Crippen LogP contribution in [0.2, 0.25) is 0 Å². The zero-order valence-electron chi connectivity index (χ0n) is 13.5. The van der Waals surface area contributed by atoms with E-state index in [1.807, 2.05) is 54.6 Å². The van der Waals surface area contributed by atoms with Crippen LogP contribution in [-0.2, 0) is 14.6 Å². The average Bonchev–Trinajstić information content (AvgIpc) is 2.95.